The minimum absolute atomic E-state index is 0.0963. The van der Waals surface area contributed by atoms with Crippen LogP contribution in [0.2, 0.25) is 0 Å². The van der Waals surface area contributed by atoms with Crippen LogP contribution in [0.1, 0.15) is 46.0 Å². The van der Waals surface area contributed by atoms with Crippen LogP contribution in [0, 0.1) is 13.8 Å². The molecule has 10 nitrogen and oxygen atoms in total. The summed E-state index contributed by atoms with van der Waals surface area (Å²) >= 11 is 0. The van der Waals surface area contributed by atoms with Gasteiger partial charge in [0.1, 0.15) is 11.4 Å². The maximum atomic E-state index is 11.7. The Balaban J connectivity index is 0.000000201. The van der Waals surface area contributed by atoms with E-state index in [4.69, 9.17) is 11.5 Å². The first-order valence-electron chi connectivity index (χ1n) is 11.3. The molecule has 0 fully saturated rings. The molecule has 10 heteroatoms. The number of aryl methyl sites for hydroxylation is 2. The number of rotatable bonds is 6. The highest BCUT2D eigenvalue weighted by molar-refractivity contribution is 6.04. The number of aromatic nitrogens is 2. The average molecular weight is 491 g/mol. The number of ketones is 2. The SMILES string of the molecule is CC(=O)c1c(C)c2ccccc2n1NC(=O)CN.CC(=O)c1c(C)c2ccccc2n1NC(=O)CN. The molecule has 0 saturated carbocycles. The van der Waals surface area contributed by atoms with Crippen LogP contribution in [0.25, 0.3) is 21.8 Å². The lowest BCUT2D eigenvalue weighted by Gasteiger charge is -2.10. The third-order valence-electron chi connectivity index (χ3n) is 5.77. The molecule has 0 aliphatic carbocycles. The number of para-hydroxylation sites is 2. The molecular weight excluding hydrogens is 460 g/mol. The highest BCUT2D eigenvalue weighted by Crippen LogP contribution is 2.25. The van der Waals surface area contributed by atoms with E-state index in [1.807, 2.05) is 62.4 Å². The Bertz CT molecular complexity index is 1370. The second-order valence-corrected chi connectivity index (χ2v) is 8.24. The van der Waals surface area contributed by atoms with E-state index in [9.17, 15) is 19.2 Å². The number of nitrogens with two attached hydrogens (primary N) is 2. The van der Waals surface area contributed by atoms with Gasteiger partial charge in [0.05, 0.1) is 24.1 Å². The van der Waals surface area contributed by atoms with Crippen molar-refractivity contribution in [2.45, 2.75) is 27.7 Å². The number of nitrogens with one attached hydrogen (secondary N) is 2. The van der Waals surface area contributed by atoms with E-state index in [1.165, 1.54) is 23.2 Å². The summed E-state index contributed by atoms with van der Waals surface area (Å²) in [6.45, 7) is 6.44. The van der Waals surface area contributed by atoms with Gasteiger partial charge in [-0.25, -0.2) is 9.35 Å². The fourth-order valence-electron chi connectivity index (χ4n) is 4.22. The topological polar surface area (TPSA) is 154 Å². The molecule has 4 aromatic rings. The van der Waals surface area contributed by atoms with E-state index in [2.05, 4.69) is 10.9 Å². The Kier molecular flexibility index (Phi) is 8.03. The summed E-state index contributed by atoms with van der Waals surface area (Å²) in [5.74, 6) is -0.862. The summed E-state index contributed by atoms with van der Waals surface area (Å²) in [5, 5.41) is 1.89. The van der Waals surface area contributed by atoms with Crippen LogP contribution in [-0.2, 0) is 9.59 Å². The predicted molar refractivity (Wildman–Crippen MR) is 140 cm³/mol. The minimum atomic E-state index is -0.335. The Labute approximate surface area is 208 Å². The van der Waals surface area contributed by atoms with Crippen LogP contribution in [0.5, 0.6) is 0 Å². The maximum Gasteiger partial charge on any atom is 0.252 e. The minimum Gasteiger partial charge on any atom is -0.322 e. The number of fused-ring (bicyclic) bond motifs is 2. The van der Waals surface area contributed by atoms with Gasteiger partial charge in [0.2, 0.25) is 0 Å². The molecule has 4 rings (SSSR count). The van der Waals surface area contributed by atoms with Gasteiger partial charge in [-0.15, -0.1) is 0 Å². The number of hydrogen-bond acceptors (Lipinski definition) is 6. The van der Waals surface area contributed by atoms with E-state index in [0.29, 0.717) is 11.4 Å². The van der Waals surface area contributed by atoms with Gasteiger partial charge in [-0.3, -0.25) is 30.0 Å². The average Bonchev–Trinajstić information content (AvgIpc) is 3.30. The summed E-state index contributed by atoms with van der Waals surface area (Å²) in [7, 11) is 0. The van der Waals surface area contributed by atoms with Crippen LogP contribution >= 0.6 is 0 Å². The molecule has 0 saturated heterocycles. The van der Waals surface area contributed by atoms with Crippen LogP contribution in [0.4, 0.5) is 0 Å². The standard InChI is InChI=1S/2C13H15N3O2/c2*1-8-10-5-3-4-6-11(10)16(13(8)9(2)17)15-12(18)7-14/h2*3-6H,7,14H2,1-2H3,(H,15,18). The monoisotopic (exact) mass is 490 g/mol. The summed E-state index contributed by atoms with van der Waals surface area (Å²) in [6, 6.07) is 15.1. The first-order chi connectivity index (χ1) is 17.1. The molecule has 2 aromatic heterocycles. The molecule has 0 bridgehead atoms. The van der Waals surface area contributed by atoms with E-state index in [-0.39, 0.29) is 36.5 Å². The number of Topliss-reactive ketones (excluding diaryl/α,β-unsaturated/α-hetero) is 2. The molecule has 36 heavy (non-hydrogen) atoms. The van der Waals surface area contributed by atoms with Crippen molar-refractivity contribution in [3.63, 3.8) is 0 Å². The third kappa shape index (κ3) is 5.04. The zero-order chi connectivity index (χ0) is 26.6. The van der Waals surface area contributed by atoms with E-state index in [0.717, 1.165) is 32.9 Å². The molecule has 0 spiro atoms. The number of amides is 2. The number of benzene rings is 2. The lowest BCUT2D eigenvalue weighted by atomic mass is 10.1. The van der Waals surface area contributed by atoms with Gasteiger partial charge in [0.25, 0.3) is 11.8 Å². The number of carbonyl (C=O) groups excluding carboxylic acids is 4. The fourth-order valence-corrected chi connectivity index (χ4v) is 4.22. The van der Waals surface area contributed by atoms with E-state index < -0.39 is 0 Å². The molecule has 0 aliphatic rings. The van der Waals surface area contributed by atoms with Crippen molar-refractivity contribution in [3.8, 4) is 0 Å². The zero-order valence-electron chi connectivity index (χ0n) is 20.7. The lowest BCUT2D eigenvalue weighted by Crippen LogP contribution is -2.30. The van der Waals surface area contributed by atoms with Gasteiger partial charge in [0.15, 0.2) is 11.6 Å². The molecule has 0 radical (unpaired) electrons. The first-order valence-corrected chi connectivity index (χ1v) is 11.3. The Morgan fingerprint density at radius 2 is 1.00 bits per heavy atom. The Hall–Kier alpha value is -4.28. The van der Waals surface area contributed by atoms with Gasteiger partial charge in [-0.05, 0) is 37.1 Å². The van der Waals surface area contributed by atoms with E-state index in [1.54, 1.807) is 0 Å². The number of nitrogens with zero attached hydrogens (tertiary/aromatic N) is 2. The summed E-state index contributed by atoms with van der Waals surface area (Å²) in [5.41, 5.74) is 20.1. The van der Waals surface area contributed by atoms with Crippen LogP contribution in [-0.4, -0.2) is 45.8 Å². The largest absolute Gasteiger partial charge is 0.322 e. The normalized spacial score (nSPS) is 10.6. The second kappa shape index (κ2) is 11.0. The quantitative estimate of drug-likeness (QED) is 0.304. The second-order valence-electron chi connectivity index (χ2n) is 8.24. The van der Waals surface area contributed by atoms with E-state index >= 15 is 0 Å². The molecule has 0 unspecified atom stereocenters. The zero-order valence-corrected chi connectivity index (χ0v) is 20.7. The highest BCUT2D eigenvalue weighted by atomic mass is 16.2. The Morgan fingerprint density at radius 3 is 1.31 bits per heavy atom. The van der Waals surface area contributed by atoms with Crippen LogP contribution < -0.4 is 22.3 Å². The number of carbonyl (C=O) groups is 4. The first kappa shape index (κ1) is 26.3. The smallest absolute Gasteiger partial charge is 0.252 e. The summed E-state index contributed by atoms with van der Waals surface area (Å²) < 4.78 is 3.03. The molecule has 6 N–H and O–H groups in total. The molecule has 0 atom stereocenters. The molecule has 188 valence electrons. The number of hydrogen-bond donors (Lipinski definition) is 4. The maximum absolute atomic E-state index is 11.7. The predicted octanol–water partition coefficient (Wildman–Crippen LogP) is 2.36. The van der Waals surface area contributed by atoms with Gasteiger partial charge < -0.3 is 11.5 Å². The molecule has 2 heterocycles. The molecule has 0 aliphatic heterocycles. The van der Waals surface area contributed by atoms with Gasteiger partial charge >= 0.3 is 0 Å². The molecule has 2 amide bonds. The van der Waals surface area contributed by atoms with Crippen molar-refractivity contribution in [1.82, 2.24) is 9.35 Å². The third-order valence-corrected chi connectivity index (χ3v) is 5.77. The highest BCUT2D eigenvalue weighted by Gasteiger charge is 2.19. The summed E-state index contributed by atoms with van der Waals surface area (Å²) in [6.07, 6.45) is 0. The van der Waals surface area contributed by atoms with Crippen molar-refractivity contribution in [3.05, 3.63) is 71.0 Å². The molecular formula is C26H30N6O4. The van der Waals surface area contributed by atoms with Crippen molar-refractivity contribution < 1.29 is 19.2 Å². The molecule has 2 aromatic carbocycles. The summed E-state index contributed by atoms with van der Waals surface area (Å²) in [4.78, 5) is 46.3. The van der Waals surface area contributed by atoms with Crippen molar-refractivity contribution in [1.29, 1.82) is 0 Å². The van der Waals surface area contributed by atoms with Crippen molar-refractivity contribution >= 4 is 45.2 Å². The van der Waals surface area contributed by atoms with Crippen LogP contribution in [0.15, 0.2) is 48.5 Å². The van der Waals surface area contributed by atoms with Gasteiger partial charge in [-0.2, -0.15) is 0 Å². The van der Waals surface area contributed by atoms with Gasteiger partial charge in [0, 0.05) is 24.6 Å². The lowest BCUT2D eigenvalue weighted by molar-refractivity contribution is -0.116. The van der Waals surface area contributed by atoms with Gasteiger partial charge in [-0.1, -0.05) is 36.4 Å². The van der Waals surface area contributed by atoms with Crippen molar-refractivity contribution in [2.24, 2.45) is 11.5 Å². The Morgan fingerprint density at radius 1 is 0.667 bits per heavy atom. The van der Waals surface area contributed by atoms with Crippen LogP contribution in [0.3, 0.4) is 0 Å². The van der Waals surface area contributed by atoms with Crippen molar-refractivity contribution in [2.75, 3.05) is 23.9 Å². The fraction of sp³-hybridized carbons (Fsp3) is 0.231.